The number of nitrogens with one attached hydrogen (secondary N) is 1. The maximum absolute atomic E-state index is 12.6. The molecule has 0 unspecified atom stereocenters. The first-order valence-corrected chi connectivity index (χ1v) is 12.9. The third-order valence-electron chi connectivity index (χ3n) is 7.74. The van der Waals surface area contributed by atoms with E-state index in [9.17, 15) is 4.79 Å². The molecule has 4 aromatic rings. The van der Waals surface area contributed by atoms with Gasteiger partial charge in [-0.15, -0.1) is 0 Å². The number of hydrogen-bond acceptors (Lipinski definition) is 1. The van der Waals surface area contributed by atoms with E-state index in [1.54, 1.807) is 6.92 Å². The summed E-state index contributed by atoms with van der Waals surface area (Å²) in [6.45, 7) is 10.2. The highest BCUT2D eigenvalue weighted by Crippen LogP contribution is 2.58. The molecule has 2 heteroatoms. The summed E-state index contributed by atoms with van der Waals surface area (Å²) in [5, 5.41) is 3.37. The summed E-state index contributed by atoms with van der Waals surface area (Å²) in [6, 6.07) is 33.4. The normalized spacial score (nSPS) is 19.5. The molecule has 1 amide bonds. The lowest BCUT2D eigenvalue weighted by Gasteiger charge is -2.33. The lowest BCUT2D eigenvalue weighted by molar-refractivity contribution is -0.119. The topological polar surface area (TPSA) is 29.1 Å². The van der Waals surface area contributed by atoms with E-state index in [2.05, 4.69) is 124 Å². The minimum atomic E-state index is -0.133. The van der Waals surface area contributed by atoms with Crippen molar-refractivity contribution in [1.29, 1.82) is 0 Å². The molecule has 0 saturated heterocycles. The maximum atomic E-state index is 12.6. The largest absolute Gasteiger partial charge is 0.349 e. The monoisotopic (exact) mass is 473 g/mol. The third-order valence-corrected chi connectivity index (χ3v) is 7.74. The molecule has 0 heterocycles. The quantitative estimate of drug-likeness (QED) is 0.315. The van der Waals surface area contributed by atoms with Gasteiger partial charge < -0.3 is 5.32 Å². The second-order valence-electron chi connectivity index (χ2n) is 10.6. The van der Waals surface area contributed by atoms with Crippen LogP contribution < -0.4 is 5.32 Å². The molecule has 1 N–H and O–H groups in total. The Hall–Kier alpha value is -3.65. The van der Waals surface area contributed by atoms with Crippen molar-refractivity contribution in [3.05, 3.63) is 141 Å². The first kappa shape index (κ1) is 24.1. The summed E-state index contributed by atoms with van der Waals surface area (Å²) in [7, 11) is 0. The van der Waals surface area contributed by atoms with Crippen molar-refractivity contribution >= 4 is 5.91 Å². The van der Waals surface area contributed by atoms with Crippen LogP contribution in [0.2, 0.25) is 0 Å². The Morgan fingerprint density at radius 2 is 1.14 bits per heavy atom. The van der Waals surface area contributed by atoms with E-state index in [4.69, 9.17) is 0 Å². The van der Waals surface area contributed by atoms with Crippen LogP contribution in [0, 0.1) is 27.7 Å². The van der Waals surface area contributed by atoms with Crippen molar-refractivity contribution in [3.63, 3.8) is 0 Å². The standard InChI is InChI=1S/C34H35NO/c1-21-6-13-26(14-7-21)31-30-20-24(4)12-19-29(30)33(32(31)27-15-8-22(2)9-16-27)34(35-25(5)36)28-17-10-23(3)11-18-28/h6-20,31-34H,1-5H3,(H,35,36)/t31-,32+,33+,34+/m1/s1. The molecule has 0 radical (unpaired) electrons. The van der Waals surface area contributed by atoms with Gasteiger partial charge >= 0.3 is 0 Å². The van der Waals surface area contributed by atoms with Crippen LogP contribution in [0.1, 0.15) is 80.8 Å². The highest BCUT2D eigenvalue weighted by molar-refractivity contribution is 5.74. The van der Waals surface area contributed by atoms with Crippen molar-refractivity contribution in [2.24, 2.45) is 0 Å². The molecule has 36 heavy (non-hydrogen) atoms. The zero-order valence-electron chi connectivity index (χ0n) is 21.9. The summed E-state index contributed by atoms with van der Waals surface area (Å²) in [6.07, 6.45) is 0. The average Bonchev–Trinajstić information content (AvgIpc) is 3.18. The SMILES string of the molecule is CC(=O)N[C@@H](c1ccc(C)cc1)[C@H]1c2ccc(C)cc2[C@@H](c2ccc(C)cc2)[C@@H]1c1ccc(C)cc1. The fraction of sp³-hybridized carbons (Fsp3) is 0.265. The fourth-order valence-electron chi connectivity index (χ4n) is 5.97. The van der Waals surface area contributed by atoms with Crippen molar-refractivity contribution in [2.45, 2.75) is 58.4 Å². The molecule has 0 fully saturated rings. The minimum Gasteiger partial charge on any atom is -0.349 e. The van der Waals surface area contributed by atoms with Crippen LogP contribution >= 0.6 is 0 Å². The van der Waals surface area contributed by atoms with Crippen LogP contribution in [0.25, 0.3) is 0 Å². The summed E-state index contributed by atoms with van der Waals surface area (Å²) in [5.74, 6) is 0.482. The van der Waals surface area contributed by atoms with Crippen molar-refractivity contribution in [3.8, 4) is 0 Å². The molecular formula is C34H35NO. The highest BCUT2D eigenvalue weighted by Gasteiger charge is 2.46. The summed E-state index contributed by atoms with van der Waals surface area (Å²) in [5.41, 5.74) is 11.5. The molecule has 4 aromatic carbocycles. The van der Waals surface area contributed by atoms with Gasteiger partial charge in [-0.05, 0) is 55.5 Å². The van der Waals surface area contributed by atoms with Gasteiger partial charge in [0.1, 0.15) is 0 Å². The average molecular weight is 474 g/mol. The van der Waals surface area contributed by atoms with E-state index in [1.807, 2.05) is 0 Å². The summed E-state index contributed by atoms with van der Waals surface area (Å²) < 4.78 is 0. The Morgan fingerprint density at radius 1 is 0.639 bits per heavy atom. The lowest BCUT2D eigenvalue weighted by atomic mass is 9.74. The molecule has 5 rings (SSSR count). The first-order chi connectivity index (χ1) is 17.3. The van der Waals surface area contributed by atoms with Gasteiger partial charge in [-0.3, -0.25) is 4.79 Å². The molecular weight excluding hydrogens is 438 g/mol. The van der Waals surface area contributed by atoms with Gasteiger partial charge in [0.25, 0.3) is 0 Å². The number of carbonyl (C=O) groups is 1. The molecule has 4 atom stereocenters. The molecule has 2 nitrogen and oxygen atoms in total. The van der Waals surface area contributed by atoms with Gasteiger partial charge in [-0.2, -0.15) is 0 Å². The molecule has 0 bridgehead atoms. The van der Waals surface area contributed by atoms with Crippen molar-refractivity contribution in [2.75, 3.05) is 0 Å². The van der Waals surface area contributed by atoms with Crippen molar-refractivity contribution < 1.29 is 4.79 Å². The van der Waals surface area contributed by atoms with Crippen LogP contribution in [0.3, 0.4) is 0 Å². The number of hydrogen-bond donors (Lipinski definition) is 1. The van der Waals surface area contributed by atoms with E-state index in [0.29, 0.717) is 0 Å². The maximum Gasteiger partial charge on any atom is 0.217 e. The zero-order valence-corrected chi connectivity index (χ0v) is 21.9. The number of aryl methyl sites for hydroxylation is 4. The molecule has 1 aliphatic rings. The van der Waals surface area contributed by atoms with E-state index in [0.717, 1.165) is 5.56 Å². The molecule has 0 aromatic heterocycles. The number of benzene rings is 4. The first-order valence-electron chi connectivity index (χ1n) is 12.9. The Morgan fingerprint density at radius 3 is 1.69 bits per heavy atom. The smallest absolute Gasteiger partial charge is 0.217 e. The van der Waals surface area contributed by atoms with Crippen molar-refractivity contribution in [1.82, 2.24) is 5.32 Å². The molecule has 0 saturated carbocycles. The number of amides is 1. The Kier molecular flexibility index (Phi) is 6.53. The van der Waals surface area contributed by atoms with Gasteiger partial charge in [-0.25, -0.2) is 0 Å². The van der Waals surface area contributed by atoms with Gasteiger partial charge in [0.15, 0.2) is 0 Å². The predicted molar refractivity (Wildman–Crippen MR) is 149 cm³/mol. The molecule has 0 aliphatic heterocycles. The number of carbonyl (C=O) groups excluding carboxylic acids is 1. The fourth-order valence-corrected chi connectivity index (χ4v) is 5.97. The predicted octanol–water partition coefficient (Wildman–Crippen LogP) is 7.81. The molecule has 1 aliphatic carbocycles. The van der Waals surface area contributed by atoms with E-state index in [1.165, 1.54) is 44.5 Å². The highest BCUT2D eigenvalue weighted by atomic mass is 16.1. The lowest BCUT2D eigenvalue weighted by Crippen LogP contribution is -2.32. The second-order valence-corrected chi connectivity index (χ2v) is 10.6. The van der Waals surface area contributed by atoms with Gasteiger partial charge in [0, 0.05) is 24.7 Å². The molecule has 182 valence electrons. The summed E-state index contributed by atoms with van der Waals surface area (Å²) in [4.78, 5) is 12.6. The Labute approximate surface area is 215 Å². The van der Waals surface area contributed by atoms with Crippen LogP contribution in [-0.2, 0) is 4.79 Å². The minimum absolute atomic E-state index is 0.00400. The van der Waals surface area contributed by atoms with Gasteiger partial charge in [0.2, 0.25) is 5.91 Å². The number of rotatable bonds is 5. The Balaban J connectivity index is 1.76. The zero-order chi connectivity index (χ0) is 25.4. The van der Waals surface area contributed by atoms with Crippen LogP contribution in [0.15, 0.2) is 91.0 Å². The Bertz CT molecular complexity index is 1370. The third kappa shape index (κ3) is 4.60. The molecule has 0 spiro atoms. The van der Waals surface area contributed by atoms with Gasteiger partial charge in [0.05, 0.1) is 6.04 Å². The van der Waals surface area contributed by atoms with Crippen LogP contribution in [-0.4, -0.2) is 5.91 Å². The number of fused-ring (bicyclic) bond motifs is 1. The summed E-state index contributed by atoms with van der Waals surface area (Å²) >= 11 is 0. The van der Waals surface area contributed by atoms with Crippen LogP contribution in [0.5, 0.6) is 0 Å². The van der Waals surface area contributed by atoms with E-state index in [-0.39, 0.29) is 29.7 Å². The van der Waals surface area contributed by atoms with E-state index < -0.39 is 0 Å². The van der Waals surface area contributed by atoms with E-state index >= 15 is 0 Å². The second kappa shape index (κ2) is 9.78. The van der Waals surface area contributed by atoms with Gasteiger partial charge in [-0.1, -0.05) is 113 Å². The van der Waals surface area contributed by atoms with Crippen LogP contribution in [0.4, 0.5) is 0 Å².